The average Bonchev–Trinajstić information content (AvgIpc) is 3.01. The van der Waals surface area contributed by atoms with Crippen molar-refractivity contribution in [2.75, 3.05) is 16.4 Å². The summed E-state index contributed by atoms with van der Waals surface area (Å²) < 4.78 is 1.84. The molecule has 0 aliphatic rings. The number of carbonyl (C=O) groups excluding carboxylic acids is 2. The molecule has 0 bridgehead atoms. The molecule has 27 heavy (non-hydrogen) atoms. The molecular weight excluding hydrogens is 364 g/mol. The van der Waals surface area contributed by atoms with E-state index in [2.05, 4.69) is 25.8 Å². The van der Waals surface area contributed by atoms with Gasteiger partial charge in [0.25, 0.3) is 0 Å². The summed E-state index contributed by atoms with van der Waals surface area (Å²) in [5, 5.41) is 14.5. The maximum atomic E-state index is 12.2. The molecule has 2 heterocycles. The molecule has 3 aromatic rings. The van der Waals surface area contributed by atoms with Gasteiger partial charge in [0.2, 0.25) is 11.8 Å². The van der Waals surface area contributed by atoms with Crippen molar-refractivity contribution in [3.05, 3.63) is 48.8 Å². The standard InChI is InChI=1S/C18H18N6O2S/c1-12(25)20-14-4-3-5-15(10-14)21-16(26)11-27-18-23-22-17(24(18)2)13-6-8-19-9-7-13/h3-10H,11H2,1-2H3,(H,20,25)(H,21,26). The van der Waals surface area contributed by atoms with Crippen molar-refractivity contribution in [2.45, 2.75) is 12.1 Å². The van der Waals surface area contributed by atoms with E-state index in [0.29, 0.717) is 22.4 Å². The molecule has 3 rings (SSSR count). The normalized spacial score (nSPS) is 10.4. The van der Waals surface area contributed by atoms with Crippen LogP contribution in [0.5, 0.6) is 0 Å². The van der Waals surface area contributed by atoms with Crippen LogP contribution in [0.25, 0.3) is 11.4 Å². The summed E-state index contributed by atoms with van der Waals surface area (Å²) in [4.78, 5) is 27.3. The van der Waals surface area contributed by atoms with E-state index in [1.165, 1.54) is 18.7 Å². The van der Waals surface area contributed by atoms with Crippen LogP contribution in [0.15, 0.2) is 53.9 Å². The van der Waals surface area contributed by atoms with Crippen molar-refractivity contribution in [1.82, 2.24) is 19.7 Å². The van der Waals surface area contributed by atoms with Gasteiger partial charge < -0.3 is 15.2 Å². The molecule has 8 nitrogen and oxygen atoms in total. The van der Waals surface area contributed by atoms with Crippen LogP contribution >= 0.6 is 11.8 Å². The van der Waals surface area contributed by atoms with Gasteiger partial charge in [-0.1, -0.05) is 17.8 Å². The number of carbonyl (C=O) groups is 2. The van der Waals surface area contributed by atoms with Gasteiger partial charge in [0.05, 0.1) is 5.75 Å². The number of pyridine rings is 1. The predicted octanol–water partition coefficient (Wildman–Crippen LogP) is 2.57. The fraction of sp³-hybridized carbons (Fsp3) is 0.167. The zero-order valence-corrected chi connectivity index (χ0v) is 15.7. The molecular formula is C18H18N6O2S. The number of thioether (sulfide) groups is 1. The minimum Gasteiger partial charge on any atom is -0.326 e. The Morgan fingerprint density at radius 1 is 1.07 bits per heavy atom. The van der Waals surface area contributed by atoms with Gasteiger partial charge in [0.1, 0.15) is 0 Å². The van der Waals surface area contributed by atoms with E-state index in [4.69, 9.17) is 0 Å². The average molecular weight is 382 g/mol. The first-order valence-corrected chi connectivity index (χ1v) is 9.11. The first-order valence-electron chi connectivity index (χ1n) is 8.13. The van der Waals surface area contributed by atoms with Crippen molar-refractivity contribution < 1.29 is 9.59 Å². The van der Waals surface area contributed by atoms with E-state index in [1.54, 1.807) is 36.7 Å². The smallest absolute Gasteiger partial charge is 0.234 e. The van der Waals surface area contributed by atoms with Gasteiger partial charge in [-0.25, -0.2) is 0 Å². The third-order valence-corrected chi connectivity index (χ3v) is 4.59. The number of rotatable bonds is 6. The van der Waals surface area contributed by atoms with Crippen molar-refractivity contribution in [3.63, 3.8) is 0 Å². The van der Waals surface area contributed by atoms with Gasteiger partial charge >= 0.3 is 0 Å². The highest BCUT2D eigenvalue weighted by Gasteiger charge is 2.13. The van der Waals surface area contributed by atoms with E-state index in [0.717, 1.165) is 5.56 Å². The van der Waals surface area contributed by atoms with Gasteiger partial charge in [-0.15, -0.1) is 10.2 Å². The van der Waals surface area contributed by atoms with Gasteiger partial charge in [-0.05, 0) is 30.3 Å². The Morgan fingerprint density at radius 3 is 2.48 bits per heavy atom. The largest absolute Gasteiger partial charge is 0.326 e. The summed E-state index contributed by atoms with van der Waals surface area (Å²) in [7, 11) is 1.85. The fourth-order valence-electron chi connectivity index (χ4n) is 2.40. The van der Waals surface area contributed by atoms with Crippen molar-refractivity contribution in [2.24, 2.45) is 7.05 Å². The first-order chi connectivity index (χ1) is 13.0. The van der Waals surface area contributed by atoms with Crippen LogP contribution in [0.3, 0.4) is 0 Å². The topological polar surface area (TPSA) is 102 Å². The molecule has 1 aromatic carbocycles. The first kappa shape index (κ1) is 18.6. The molecule has 138 valence electrons. The van der Waals surface area contributed by atoms with E-state index in [9.17, 15) is 9.59 Å². The molecule has 0 fully saturated rings. The predicted molar refractivity (Wildman–Crippen MR) is 104 cm³/mol. The molecule has 2 amide bonds. The number of hydrogen-bond acceptors (Lipinski definition) is 6. The number of anilines is 2. The van der Waals surface area contributed by atoms with Crippen molar-refractivity contribution >= 4 is 35.0 Å². The number of nitrogens with zero attached hydrogens (tertiary/aromatic N) is 4. The molecule has 0 aliphatic heterocycles. The van der Waals surface area contributed by atoms with E-state index >= 15 is 0 Å². The minimum absolute atomic E-state index is 0.165. The summed E-state index contributed by atoms with van der Waals surface area (Å²) >= 11 is 1.30. The van der Waals surface area contributed by atoms with Crippen LogP contribution < -0.4 is 10.6 Å². The van der Waals surface area contributed by atoms with Crippen LogP contribution in [-0.4, -0.2) is 37.3 Å². The molecule has 0 spiro atoms. The maximum Gasteiger partial charge on any atom is 0.234 e. The molecule has 2 aromatic heterocycles. The molecule has 0 aliphatic carbocycles. The summed E-state index contributed by atoms with van der Waals surface area (Å²) in [5.41, 5.74) is 2.15. The van der Waals surface area contributed by atoms with Gasteiger partial charge in [-0.3, -0.25) is 14.6 Å². The highest BCUT2D eigenvalue weighted by Crippen LogP contribution is 2.22. The molecule has 0 atom stereocenters. The van der Waals surface area contributed by atoms with Gasteiger partial charge in [-0.2, -0.15) is 0 Å². The Bertz CT molecular complexity index is 957. The van der Waals surface area contributed by atoms with Gasteiger partial charge in [0, 0.05) is 43.3 Å². The van der Waals surface area contributed by atoms with Crippen LogP contribution in [0.4, 0.5) is 11.4 Å². The zero-order chi connectivity index (χ0) is 19.2. The van der Waals surface area contributed by atoms with Gasteiger partial charge in [0.15, 0.2) is 11.0 Å². The molecule has 2 N–H and O–H groups in total. The van der Waals surface area contributed by atoms with E-state index < -0.39 is 0 Å². The number of benzene rings is 1. The molecule has 0 unspecified atom stereocenters. The lowest BCUT2D eigenvalue weighted by Gasteiger charge is -2.08. The lowest BCUT2D eigenvalue weighted by atomic mass is 10.2. The number of amides is 2. The van der Waals surface area contributed by atoms with Crippen LogP contribution in [0.2, 0.25) is 0 Å². The second-order valence-electron chi connectivity index (χ2n) is 5.70. The number of nitrogens with one attached hydrogen (secondary N) is 2. The highest BCUT2D eigenvalue weighted by atomic mass is 32.2. The summed E-state index contributed by atoms with van der Waals surface area (Å²) in [6.07, 6.45) is 3.39. The second-order valence-corrected chi connectivity index (χ2v) is 6.64. The Balaban J connectivity index is 1.60. The number of hydrogen-bond donors (Lipinski definition) is 2. The Hall–Kier alpha value is -3.20. The van der Waals surface area contributed by atoms with Crippen molar-refractivity contribution in [3.8, 4) is 11.4 Å². The number of aromatic nitrogens is 4. The fourth-order valence-corrected chi connectivity index (χ4v) is 3.11. The van der Waals surface area contributed by atoms with Crippen LogP contribution in [0.1, 0.15) is 6.92 Å². The Kier molecular flexibility index (Phi) is 5.82. The maximum absolute atomic E-state index is 12.2. The minimum atomic E-state index is -0.173. The van der Waals surface area contributed by atoms with Crippen LogP contribution in [-0.2, 0) is 16.6 Å². The molecule has 0 saturated heterocycles. The lowest BCUT2D eigenvalue weighted by molar-refractivity contribution is -0.114. The van der Waals surface area contributed by atoms with E-state index in [-0.39, 0.29) is 17.6 Å². The van der Waals surface area contributed by atoms with Crippen LogP contribution in [0, 0.1) is 0 Å². The Morgan fingerprint density at radius 2 is 1.78 bits per heavy atom. The molecule has 9 heteroatoms. The molecule has 0 radical (unpaired) electrons. The van der Waals surface area contributed by atoms with Crippen molar-refractivity contribution in [1.29, 1.82) is 0 Å². The summed E-state index contributed by atoms with van der Waals surface area (Å²) in [6.45, 7) is 1.43. The Labute approximate surface area is 160 Å². The summed E-state index contributed by atoms with van der Waals surface area (Å²) in [5.74, 6) is 0.560. The monoisotopic (exact) mass is 382 g/mol. The lowest BCUT2D eigenvalue weighted by Crippen LogP contribution is -2.15. The summed E-state index contributed by atoms with van der Waals surface area (Å²) in [6, 6.07) is 10.7. The van der Waals surface area contributed by atoms with E-state index in [1.807, 2.05) is 23.7 Å². The second kappa shape index (κ2) is 8.45. The third-order valence-electron chi connectivity index (χ3n) is 3.57. The third kappa shape index (κ3) is 4.91. The SMILES string of the molecule is CC(=O)Nc1cccc(NC(=O)CSc2nnc(-c3ccncc3)n2C)c1. The zero-order valence-electron chi connectivity index (χ0n) is 14.8. The molecule has 0 saturated carbocycles. The highest BCUT2D eigenvalue weighted by molar-refractivity contribution is 7.99. The quantitative estimate of drug-likeness (QED) is 0.635.